The molecule has 1 atom stereocenters. The largest absolute Gasteiger partial charge is 0.480 e. The predicted octanol–water partition coefficient (Wildman–Crippen LogP) is -0.773. The van der Waals surface area contributed by atoms with Crippen LogP contribution >= 0.6 is 0 Å². The van der Waals surface area contributed by atoms with Gasteiger partial charge in [0.25, 0.3) is 0 Å². The second-order valence-electron chi connectivity index (χ2n) is 4.48. The lowest BCUT2D eigenvalue weighted by Crippen LogP contribution is -2.40. The molecule has 2 rings (SSSR count). The van der Waals surface area contributed by atoms with Crippen molar-refractivity contribution >= 4 is 16.0 Å². The van der Waals surface area contributed by atoms with Crippen LogP contribution in [0.5, 0.6) is 0 Å². The molecule has 1 saturated heterocycles. The number of nitrogens with one attached hydrogen (secondary N) is 1. The van der Waals surface area contributed by atoms with Crippen molar-refractivity contribution in [1.82, 2.24) is 9.62 Å². The van der Waals surface area contributed by atoms with E-state index < -0.39 is 21.7 Å². The average Bonchev–Trinajstić information content (AvgIpc) is 2.86. The topological polar surface area (TPSA) is 86.7 Å². The Hall–Kier alpha value is -0.660. The molecule has 0 spiro atoms. The van der Waals surface area contributed by atoms with Gasteiger partial charge in [0.1, 0.15) is 0 Å². The van der Waals surface area contributed by atoms with Crippen molar-refractivity contribution in [2.45, 2.75) is 31.3 Å². The van der Waals surface area contributed by atoms with E-state index in [0.717, 1.165) is 13.0 Å². The number of hydrogen-bond acceptors (Lipinski definition) is 4. The number of likely N-dealkylation sites (tertiary alicyclic amines) is 1. The van der Waals surface area contributed by atoms with Crippen molar-refractivity contribution in [1.29, 1.82) is 0 Å². The summed E-state index contributed by atoms with van der Waals surface area (Å²) in [6.45, 7) is 1.62. The Balaban J connectivity index is 1.83. The van der Waals surface area contributed by atoms with Crippen molar-refractivity contribution < 1.29 is 18.3 Å². The zero-order chi connectivity index (χ0) is 11.8. The van der Waals surface area contributed by atoms with Crippen LogP contribution in [0.15, 0.2) is 0 Å². The highest BCUT2D eigenvalue weighted by atomic mass is 32.2. The summed E-state index contributed by atoms with van der Waals surface area (Å²) < 4.78 is 25.2. The molecule has 1 saturated carbocycles. The van der Waals surface area contributed by atoms with Crippen molar-refractivity contribution in [2.75, 3.05) is 18.8 Å². The quantitative estimate of drug-likeness (QED) is 0.667. The van der Waals surface area contributed by atoms with Gasteiger partial charge in [-0.25, -0.2) is 13.1 Å². The molecule has 2 N–H and O–H groups in total. The third-order valence-corrected chi connectivity index (χ3v) is 4.26. The Morgan fingerprint density at radius 1 is 1.38 bits per heavy atom. The first-order valence-corrected chi connectivity index (χ1v) is 7.07. The Labute approximate surface area is 94.7 Å². The number of rotatable bonds is 5. The molecule has 0 radical (unpaired) electrons. The van der Waals surface area contributed by atoms with E-state index >= 15 is 0 Å². The number of carboxylic acid groups (broad SMARTS) is 1. The molecule has 16 heavy (non-hydrogen) atoms. The number of sulfonamides is 1. The summed E-state index contributed by atoms with van der Waals surface area (Å²) in [5.41, 5.74) is 0. The van der Waals surface area contributed by atoms with Gasteiger partial charge in [0, 0.05) is 25.2 Å². The van der Waals surface area contributed by atoms with Gasteiger partial charge in [0.05, 0.1) is 0 Å². The summed E-state index contributed by atoms with van der Waals surface area (Å²) in [6.07, 6.45) is 3.18. The maximum Gasteiger partial charge on any atom is 0.320 e. The molecule has 6 nitrogen and oxygen atoms in total. The van der Waals surface area contributed by atoms with Crippen LogP contribution in [-0.2, 0) is 14.8 Å². The zero-order valence-electron chi connectivity index (χ0n) is 8.92. The molecular formula is C9H16N2O4S. The Kier molecular flexibility index (Phi) is 3.18. The van der Waals surface area contributed by atoms with Crippen molar-refractivity contribution in [3.8, 4) is 0 Å². The highest BCUT2D eigenvalue weighted by Gasteiger charge is 2.35. The highest BCUT2D eigenvalue weighted by molar-refractivity contribution is 7.90. The van der Waals surface area contributed by atoms with Gasteiger partial charge in [-0.15, -0.1) is 0 Å². The third-order valence-electron chi connectivity index (χ3n) is 2.94. The predicted molar refractivity (Wildman–Crippen MR) is 57.6 cm³/mol. The first-order valence-electron chi connectivity index (χ1n) is 5.42. The molecule has 0 aromatic rings. The van der Waals surface area contributed by atoms with Crippen LogP contribution in [0.1, 0.15) is 19.3 Å². The molecular weight excluding hydrogens is 232 g/mol. The van der Waals surface area contributed by atoms with E-state index in [1.54, 1.807) is 0 Å². The van der Waals surface area contributed by atoms with Crippen LogP contribution in [-0.4, -0.2) is 55.3 Å². The van der Waals surface area contributed by atoms with Crippen molar-refractivity contribution in [2.24, 2.45) is 0 Å². The maximum atomic E-state index is 11.4. The fourth-order valence-corrected chi connectivity index (χ4v) is 3.22. The fourth-order valence-electron chi connectivity index (χ4n) is 2.11. The minimum Gasteiger partial charge on any atom is -0.480 e. The Bertz CT molecular complexity index is 377. The molecule has 2 aliphatic rings. The monoisotopic (exact) mass is 248 g/mol. The lowest BCUT2D eigenvalue weighted by Gasteiger charge is -2.15. The van der Waals surface area contributed by atoms with E-state index in [4.69, 9.17) is 5.11 Å². The van der Waals surface area contributed by atoms with Gasteiger partial charge in [-0.3, -0.25) is 9.69 Å². The van der Waals surface area contributed by atoms with Crippen molar-refractivity contribution in [3.63, 3.8) is 0 Å². The van der Waals surface area contributed by atoms with Crippen LogP contribution in [0, 0.1) is 0 Å². The summed E-state index contributed by atoms with van der Waals surface area (Å²) >= 11 is 0. The fraction of sp³-hybridized carbons (Fsp3) is 0.889. The molecule has 2 fully saturated rings. The van der Waals surface area contributed by atoms with E-state index in [-0.39, 0.29) is 6.04 Å². The van der Waals surface area contributed by atoms with Crippen LogP contribution in [0.4, 0.5) is 0 Å². The first kappa shape index (κ1) is 11.8. The number of carbonyl (C=O) groups is 1. The summed E-state index contributed by atoms with van der Waals surface area (Å²) in [6, 6.07) is 0.513. The molecule has 0 aromatic carbocycles. The molecule has 1 aliphatic carbocycles. The second kappa shape index (κ2) is 4.31. The lowest BCUT2D eigenvalue weighted by molar-refractivity contribution is -0.134. The van der Waals surface area contributed by atoms with Gasteiger partial charge in [-0.2, -0.15) is 0 Å². The zero-order valence-corrected chi connectivity index (χ0v) is 9.74. The van der Waals surface area contributed by atoms with E-state index in [9.17, 15) is 13.2 Å². The normalized spacial score (nSPS) is 27.1. The van der Waals surface area contributed by atoms with Gasteiger partial charge in [-0.05, 0) is 19.3 Å². The number of aliphatic carboxylic acids is 1. The van der Waals surface area contributed by atoms with Gasteiger partial charge in [-0.1, -0.05) is 0 Å². The van der Waals surface area contributed by atoms with E-state index in [2.05, 4.69) is 9.62 Å². The van der Waals surface area contributed by atoms with Gasteiger partial charge in [0.15, 0.2) is 5.75 Å². The second-order valence-corrected chi connectivity index (χ2v) is 6.24. The Morgan fingerprint density at radius 3 is 2.62 bits per heavy atom. The smallest absolute Gasteiger partial charge is 0.320 e. The van der Waals surface area contributed by atoms with E-state index in [0.29, 0.717) is 12.6 Å². The average molecular weight is 248 g/mol. The van der Waals surface area contributed by atoms with Crippen LogP contribution in [0.25, 0.3) is 0 Å². The van der Waals surface area contributed by atoms with Crippen LogP contribution in [0.2, 0.25) is 0 Å². The summed E-state index contributed by atoms with van der Waals surface area (Å²) in [5.74, 6) is -2.16. The molecule has 7 heteroatoms. The van der Waals surface area contributed by atoms with Crippen LogP contribution in [0.3, 0.4) is 0 Å². The van der Waals surface area contributed by atoms with Gasteiger partial charge < -0.3 is 5.11 Å². The van der Waals surface area contributed by atoms with Gasteiger partial charge >= 0.3 is 5.97 Å². The molecule has 0 aromatic heterocycles. The summed E-state index contributed by atoms with van der Waals surface area (Å²) in [4.78, 5) is 12.6. The molecule has 0 amide bonds. The highest BCUT2D eigenvalue weighted by Crippen LogP contribution is 2.29. The number of hydrogen-bond donors (Lipinski definition) is 2. The number of carboxylic acids is 1. The third kappa shape index (κ3) is 3.16. The molecule has 0 bridgehead atoms. The molecule has 92 valence electrons. The summed E-state index contributed by atoms with van der Waals surface area (Å²) in [5, 5.41) is 8.44. The summed E-state index contributed by atoms with van der Waals surface area (Å²) in [7, 11) is -3.67. The van der Waals surface area contributed by atoms with Crippen LogP contribution < -0.4 is 4.72 Å². The number of nitrogens with zero attached hydrogens (tertiary/aromatic N) is 1. The lowest BCUT2D eigenvalue weighted by atomic mass is 10.3. The minimum absolute atomic E-state index is 0.120. The van der Waals surface area contributed by atoms with Gasteiger partial charge in [0.2, 0.25) is 10.0 Å². The Morgan fingerprint density at radius 2 is 2.06 bits per heavy atom. The van der Waals surface area contributed by atoms with E-state index in [1.807, 2.05) is 0 Å². The SMILES string of the molecule is O=C(O)CS(=O)(=O)NC1CCN(C2CC2)C1. The maximum absolute atomic E-state index is 11.4. The first-order chi connectivity index (χ1) is 7.46. The van der Waals surface area contributed by atoms with E-state index in [1.165, 1.54) is 12.8 Å². The molecule has 1 heterocycles. The standard InChI is InChI=1S/C9H16N2O4S/c12-9(13)6-16(14,15)10-7-3-4-11(5-7)8-1-2-8/h7-8,10H,1-6H2,(H,12,13). The minimum atomic E-state index is -3.67. The van der Waals surface area contributed by atoms with Crippen molar-refractivity contribution in [3.05, 3.63) is 0 Å². The molecule has 1 aliphatic heterocycles. The molecule has 1 unspecified atom stereocenters.